The smallest absolute Gasteiger partial charge is 0.461 e. The van der Waals surface area contributed by atoms with Crippen molar-refractivity contribution in [1.82, 2.24) is 5.32 Å². The average Bonchev–Trinajstić information content (AvgIpc) is 2.44. The van der Waals surface area contributed by atoms with Gasteiger partial charge in [0.1, 0.15) is 5.75 Å². The minimum Gasteiger partial charge on any atom is -0.464 e. The van der Waals surface area contributed by atoms with E-state index < -0.39 is 30.1 Å². The number of halogens is 3. The third kappa shape index (κ3) is 4.51. The maximum Gasteiger partial charge on any atom is 0.461 e. The Morgan fingerprint density at radius 3 is 2.13 bits per heavy atom. The molecular weight excluding hydrogens is 319 g/mol. The fraction of sp³-hybridized carbons (Fsp3) is 0.429. The summed E-state index contributed by atoms with van der Waals surface area (Å²) in [6.07, 6.45) is -7.47. The van der Waals surface area contributed by atoms with Crippen LogP contribution in [0, 0.1) is 0 Å². The highest BCUT2D eigenvalue weighted by molar-refractivity contribution is 5.85. The van der Waals surface area contributed by atoms with Gasteiger partial charge in [-0.1, -0.05) is 18.2 Å². The molecule has 0 saturated carbocycles. The number of benzene rings is 1. The summed E-state index contributed by atoms with van der Waals surface area (Å²) in [5.74, 6) is -2.13. The van der Waals surface area contributed by atoms with Crippen LogP contribution in [0.15, 0.2) is 30.3 Å². The highest BCUT2D eigenvalue weighted by atomic mass is 19.4. The van der Waals surface area contributed by atoms with Crippen molar-refractivity contribution in [3.05, 3.63) is 30.3 Å². The van der Waals surface area contributed by atoms with Crippen LogP contribution in [0.2, 0.25) is 0 Å². The molecule has 0 aliphatic rings. The molecule has 1 atom stereocenters. The van der Waals surface area contributed by atoms with Gasteiger partial charge in [0.25, 0.3) is 0 Å². The Bertz CT molecular complexity index is 547. The molecule has 0 aromatic heterocycles. The Hall–Kier alpha value is -2.45. The van der Waals surface area contributed by atoms with Gasteiger partial charge in [0.05, 0.1) is 13.2 Å². The van der Waals surface area contributed by atoms with Gasteiger partial charge in [0.15, 0.2) is 0 Å². The van der Waals surface area contributed by atoms with Crippen molar-refractivity contribution in [2.24, 2.45) is 0 Å². The fourth-order valence-corrected chi connectivity index (χ4v) is 1.56. The molecule has 0 bridgehead atoms. The fourth-order valence-electron chi connectivity index (χ4n) is 1.56. The number of carbonyl (C=O) groups is 2. The second-order valence-corrected chi connectivity index (χ2v) is 4.66. The molecule has 0 spiro atoms. The van der Waals surface area contributed by atoms with Crippen LogP contribution in [0.25, 0.3) is 0 Å². The lowest BCUT2D eigenvalue weighted by atomic mass is 10.2. The van der Waals surface area contributed by atoms with Gasteiger partial charge in [-0.2, -0.15) is 13.2 Å². The quantitative estimate of drug-likeness (QED) is 0.661. The number of rotatable bonds is 5. The predicted molar refractivity (Wildman–Crippen MR) is 72.6 cm³/mol. The number of carbonyl (C=O) groups excluding carboxylic acids is 2. The highest BCUT2D eigenvalue weighted by Crippen LogP contribution is 2.34. The van der Waals surface area contributed by atoms with Crippen LogP contribution in [0.4, 0.5) is 18.0 Å². The number of para-hydroxylation sites is 1. The van der Waals surface area contributed by atoms with Gasteiger partial charge in [-0.25, -0.2) is 9.59 Å². The molecule has 1 aromatic rings. The average molecular weight is 335 g/mol. The van der Waals surface area contributed by atoms with Crippen LogP contribution in [0.1, 0.15) is 13.8 Å². The summed E-state index contributed by atoms with van der Waals surface area (Å²) in [6, 6.07) is 6.73. The zero-order valence-electron chi connectivity index (χ0n) is 12.6. The largest absolute Gasteiger partial charge is 0.464 e. The molecule has 1 N–H and O–H groups in total. The van der Waals surface area contributed by atoms with Gasteiger partial charge >= 0.3 is 24.0 Å². The number of ether oxygens (including phenoxy) is 3. The molecule has 0 saturated heterocycles. The summed E-state index contributed by atoms with van der Waals surface area (Å²) in [7, 11) is 0.743. The minimum absolute atomic E-state index is 0.292. The van der Waals surface area contributed by atoms with Crippen molar-refractivity contribution in [3.63, 3.8) is 0 Å². The Morgan fingerprint density at radius 1 is 1.13 bits per heavy atom. The van der Waals surface area contributed by atoms with E-state index in [1.807, 2.05) is 0 Å². The van der Waals surface area contributed by atoms with Gasteiger partial charge < -0.3 is 14.2 Å². The lowest BCUT2D eigenvalue weighted by Crippen LogP contribution is -2.68. The van der Waals surface area contributed by atoms with Crippen molar-refractivity contribution in [2.75, 3.05) is 7.11 Å². The maximum absolute atomic E-state index is 13.5. The van der Waals surface area contributed by atoms with E-state index >= 15 is 0 Å². The van der Waals surface area contributed by atoms with E-state index in [4.69, 9.17) is 4.74 Å². The molecule has 1 aromatic carbocycles. The molecule has 23 heavy (non-hydrogen) atoms. The van der Waals surface area contributed by atoms with Crippen molar-refractivity contribution < 1.29 is 37.0 Å². The molecule has 0 fully saturated rings. The first-order chi connectivity index (χ1) is 10.6. The first-order valence-corrected chi connectivity index (χ1v) is 6.50. The van der Waals surface area contributed by atoms with E-state index in [0.717, 1.165) is 7.11 Å². The number of esters is 1. The van der Waals surface area contributed by atoms with Crippen molar-refractivity contribution in [2.45, 2.75) is 31.9 Å². The standard InChI is InChI=1S/C14H16F3NO5/c1-9(2)22-12(20)18-13(11(19)21-3,14(15,16)17)23-10-7-5-4-6-8-10/h4-9H,1-3H3,(H,18,20)/t13-/m1/s1. The minimum atomic E-state index is -5.30. The third-order valence-corrected chi connectivity index (χ3v) is 2.51. The first-order valence-electron chi connectivity index (χ1n) is 6.50. The van der Waals surface area contributed by atoms with Crippen LogP contribution >= 0.6 is 0 Å². The van der Waals surface area contributed by atoms with Gasteiger partial charge in [-0.05, 0) is 26.0 Å². The maximum atomic E-state index is 13.5. The summed E-state index contributed by atoms with van der Waals surface area (Å²) < 4.78 is 54.0. The van der Waals surface area contributed by atoms with Gasteiger partial charge in [0.2, 0.25) is 0 Å². The second-order valence-electron chi connectivity index (χ2n) is 4.66. The lowest BCUT2D eigenvalue weighted by Gasteiger charge is -2.33. The molecule has 0 unspecified atom stereocenters. The Morgan fingerprint density at radius 2 is 1.70 bits per heavy atom. The van der Waals surface area contributed by atoms with Crippen LogP contribution in [-0.2, 0) is 14.3 Å². The van der Waals surface area contributed by atoms with E-state index in [-0.39, 0.29) is 5.75 Å². The van der Waals surface area contributed by atoms with Crippen LogP contribution in [-0.4, -0.2) is 37.2 Å². The topological polar surface area (TPSA) is 73.9 Å². The molecule has 1 rings (SSSR count). The van der Waals surface area contributed by atoms with E-state index in [0.29, 0.717) is 0 Å². The zero-order chi connectivity index (χ0) is 17.7. The van der Waals surface area contributed by atoms with E-state index in [1.54, 1.807) is 6.07 Å². The molecule has 128 valence electrons. The number of methoxy groups -OCH3 is 1. The van der Waals surface area contributed by atoms with Gasteiger partial charge in [-0.15, -0.1) is 0 Å². The lowest BCUT2D eigenvalue weighted by molar-refractivity contribution is -0.259. The normalized spacial score (nSPS) is 13.9. The van der Waals surface area contributed by atoms with Crippen LogP contribution < -0.4 is 10.1 Å². The van der Waals surface area contributed by atoms with Crippen molar-refractivity contribution in [3.8, 4) is 5.75 Å². The molecule has 0 aliphatic heterocycles. The number of alkyl carbamates (subject to hydrolysis) is 1. The number of hydrogen-bond acceptors (Lipinski definition) is 5. The molecule has 0 radical (unpaired) electrons. The number of hydrogen-bond donors (Lipinski definition) is 1. The number of alkyl halides is 3. The molecule has 1 amide bonds. The second kappa shape index (κ2) is 7.21. The SMILES string of the molecule is COC(=O)[C@@](NC(=O)OC(C)C)(Oc1ccccc1)C(F)(F)F. The van der Waals surface area contributed by atoms with Crippen molar-refractivity contribution in [1.29, 1.82) is 0 Å². The predicted octanol–water partition coefficient (Wildman–Crippen LogP) is 2.63. The molecule has 9 heteroatoms. The Kier molecular flexibility index (Phi) is 5.83. The zero-order valence-corrected chi connectivity index (χ0v) is 12.6. The van der Waals surface area contributed by atoms with Crippen LogP contribution in [0.3, 0.4) is 0 Å². The monoisotopic (exact) mass is 335 g/mol. The van der Waals surface area contributed by atoms with Crippen molar-refractivity contribution >= 4 is 12.1 Å². The Labute approximate surface area is 130 Å². The van der Waals surface area contributed by atoms with E-state index in [1.165, 1.54) is 43.4 Å². The first kappa shape index (κ1) is 18.6. The summed E-state index contributed by atoms with van der Waals surface area (Å²) in [5, 5.41) is 1.42. The molecule has 0 aliphatic carbocycles. The number of nitrogens with one attached hydrogen (secondary N) is 1. The molecule has 0 heterocycles. The Balaban J connectivity index is 3.25. The summed E-state index contributed by atoms with van der Waals surface area (Å²) >= 11 is 0. The highest BCUT2D eigenvalue weighted by Gasteiger charge is 2.66. The summed E-state index contributed by atoms with van der Waals surface area (Å²) in [5.41, 5.74) is -3.73. The molecular formula is C14H16F3NO5. The van der Waals surface area contributed by atoms with Gasteiger partial charge in [0, 0.05) is 0 Å². The molecule has 6 nitrogen and oxygen atoms in total. The van der Waals surface area contributed by atoms with Gasteiger partial charge in [-0.3, -0.25) is 5.32 Å². The van der Waals surface area contributed by atoms with E-state index in [2.05, 4.69) is 9.47 Å². The third-order valence-electron chi connectivity index (χ3n) is 2.51. The number of amides is 1. The van der Waals surface area contributed by atoms with Crippen LogP contribution in [0.5, 0.6) is 5.75 Å². The summed E-state index contributed by atoms with van der Waals surface area (Å²) in [4.78, 5) is 23.4. The summed E-state index contributed by atoms with van der Waals surface area (Å²) in [6.45, 7) is 2.87. The van der Waals surface area contributed by atoms with E-state index in [9.17, 15) is 22.8 Å².